The molecule has 2 aliphatic rings. The molecule has 0 spiro atoms. The minimum atomic E-state index is -3.36. The van der Waals surface area contributed by atoms with E-state index in [0.29, 0.717) is 12.6 Å². The maximum atomic E-state index is 13.0. The Bertz CT molecular complexity index is 413. The Morgan fingerprint density at radius 3 is 2.29 bits per heavy atom. The van der Waals surface area contributed by atoms with Gasteiger partial charge in [0.05, 0.1) is 0 Å². The predicted molar refractivity (Wildman–Crippen MR) is 86.4 cm³/mol. The zero-order valence-corrected chi connectivity index (χ0v) is 14.5. The van der Waals surface area contributed by atoms with Crippen molar-refractivity contribution in [3.05, 3.63) is 0 Å². The summed E-state index contributed by atoms with van der Waals surface area (Å²) in [4.78, 5) is 0. The molecule has 1 N–H and O–H groups in total. The van der Waals surface area contributed by atoms with E-state index in [-0.39, 0.29) is 12.1 Å². The van der Waals surface area contributed by atoms with Gasteiger partial charge in [0.2, 0.25) is 0 Å². The van der Waals surface area contributed by atoms with E-state index in [9.17, 15) is 8.42 Å². The van der Waals surface area contributed by atoms with Crippen LogP contribution in [-0.2, 0) is 10.2 Å². The molecule has 1 heterocycles. The van der Waals surface area contributed by atoms with Crippen LogP contribution < -0.4 is 5.32 Å². The van der Waals surface area contributed by atoms with Gasteiger partial charge in [-0.2, -0.15) is 17.0 Å². The summed E-state index contributed by atoms with van der Waals surface area (Å²) in [6.07, 6.45) is 7.77. The lowest BCUT2D eigenvalue weighted by atomic mass is 9.96. The highest BCUT2D eigenvalue weighted by atomic mass is 32.2. The molecule has 0 radical (unpaired) electrons. The highest BCUT2D eigenvalue weighted by molar-refractivity contribution is 7.86. The van der Waals surface area contributed by atoms with E-state index in [2.05, 4.69) is 5.32 Å². The maximum Gasteiger partial charge on any atom is 0.282 e. The van der Waals surface area contributed by atoms with Crippen molar-refractivity contribution in [2.75, 3.05) is 20.1 Å². The number of nitrogens with zero attached hydrogens (tertiary/aromatic N) is 2. The molecular formula is C15H31N3O2S. The maximum absolute atomic E-state index is 13.0. The molecule has 2 rings (SSSR count). The van der Waals surface area contributed by atoms with Crippen LogP contribution in [0.15, 0.2) is 0 Å². The molecule has 21 heavy (non-hydrogen) atoms. The van der Waals surface area contributed by atoms with Crippen molar-refractivity contribution in [3.63, 3.8) is 0 Å². The molecule has 5 nitrogen and oxygen atoms in total. The van der Waals surface area contributed by atoms with E-state index in [4.69, 9.17) is 0 Å². The van der Waals surface area contributed by atoms with Crippen molar-refractivity contribution in [1.29, 1.82) is 0 Å². The molecule has 1 atom stereocenters. The molecule has 1 aliphatic heterocycles. The van der Waals surface area contributed by atoms with Gasteiger partial charge in [-0.3, -0.25) is 0 Å². The van der Waals surface area contributed by atoms with E-state index < -0.39 is 10.2 Å². The molecule has 0 aromatic rings. The lowest BCUT2D eigenvalue weighted by Crippen LogP contribution is -2.52. The van der Waals surface area contributed by atoms with Gasteiger partial charge in [-0.25, -0.2) is 0 Å². The quantitative estimate of drug-likeness (QED) is 0.815. The van der Waals surface area contributed by atoms with Crippen LogP contribution in [0.3, 0.4) is 0 Å². The largest absolute Gasteiger partial charge is 0.313 e. The lowest BCUT2D eigenvalue weighted by molar-refractivity contribution is 0.244. The third-order valence-corrected chi connectivity index (χ3v) is 7.08. The molecule has 1 unspecified atom stereocenters. The first-order chi connectivity index (χ1) is 9.93. The van der Waals surface area contributed by atoms with Crippen LogP contribution in [0, 0.1) is 0 Å². The van der Waals surface area contributed by atoms with Crippen molar-refractivity contribution >= 4 is 10.2 Å². The van der Waals surface area contributed by atoms with Crippen molar-refractivity contribution < 1.29 is 8.42 Å². The summed E-state index contributed by atoms with van der Waals surface area (Å²) in [6.45, 7) is 5.55. The van der Waals surface area contributed by atoms with Crippen molar-refractivity contribution in [2.45, 2.75) is 76.9 Å². The fraction of sp³-hybridized carbons (Fsp3) is 1.00. The molecule has 0 aromatic heterocycles. The van der Waals surface area contributed by atoms with E-state index in [0.717, 1.165) is 45.1 Å². The third kappa shape index (κ3) is 4.18. The van der Waals surface area contributed by atoms with Crippen LogP contribution in [0.1, 0.15) is 58.8 Å². The molecule has 0 amide bonds. The van der Waals surface area contributed by atoms with Crippen LogP contribution in [0.2, 0.25) is 0 Å². The average molecular weight is 317 g/mol. The van der Waals surface area contributed by atoms with E-state index in [1.165, 1.54) is 6.42 Å². The summed E-state index contributed by atoms with van der Waals surface area (Å²) in [5.41, 5.74) is 0. The molecule has 6 heteroatoms. The average Bonchev–Trinajstić information content (AvgIpc) is 2.97. The van der Waals surface area contributed by atoms with Gasteiger partial charge >= 0.3 is 0 Å². The number of nitrogens with one attached hydrogen (secondary N) is 1. The first-order valence-electron chi connectivity index (χ1n) is 8.41. The van der Waals surface area contributed by atoms with Gasteiger partial charge in [0, 0.05) is 31.7 Å². The summed E-state index contributed by atoms with van der Waals surface area (Å²) in [5.74, 6) is 0. The van der Waals surface area contributed by atoms with Crippen molar-refractivity contribution in [1.82, 2.24) is 13.9 Å². The molecule has 2 fully saturated rings. The highest BCUT2D eigenvalue weighted by Gasteiger charge is 2.35. The number of hydrogen-bond acceptors (Lipinski definition) is 3. The summed E-state index contributed by atoms with van der Waals surface area (Å²) in [5, 5.41) is 3.41. The molecular weight excluding hydrogens is 286 g/mol. The minimum absolute atomic E-state index is 0.00319. The topological polar surface area (TPSA) is 52.7 Å². The smallest absolute Gasteiger partial charge is 0.282 e. The minimum Gasteiger partial charge on any atom is -0.313 e. The zero-order valence-electron chi connectivity index (χ0n) is 13.7. The van der Waals surface area contributed by atoms with Gasteiger partial charge in [-0.15, -0.1) is 0 Å². The lowest BCUT2D eigenvalue weighted by Gasteiger charge is -2.37. The van der Waals surface area contributed by atoms with Crippen molar-refractivity contribution in [3.8, 4) is 0 Å². The number of rotatable bonds is 6. The second-order valence-electron chi connectivity index (χ2n) is 6.77. The Labute approximate surface area is 130 Å². The van der Waals surface area contributed by atoms with Crippen LogP contribution in [0.5, 0.6) is 0 Å². The van der Waals surface area contributed by atoms with Crippen molar-refractivity contribution in [2.24, 2.45) is 0 Å². The summed E-state index contributed by atoms with van der Waals surface area (Å²) >= 11 is 0. The van der Waals surface area contributed by atoms with Crippen LogP contribution in [0.25, 0.3) is 0 Å². The summed E-state index contributed by atoms with van der Waals surface area (Å²) in [7, 11) is -1.59. The molecule has 1 saturated heterocycles. The normalized spacial score (nSPS) is 25.3. The first kappa shape index (κ1) is 17.2. The van der Waals surface area contributed by atoms with Crippen LogP contribution in [-0.4, -0.2) is 55.3 Å². The van der Waals surface area contributed by atoms with Crippen LogP contribution >= 0.6 is 0 Å². The number of hydrogen-bond donors (Lipinski definition) is 1. The third-order valence-electron chi connectivity index (χ3n) is 4.89. The highest BCUT2D eigenvalue weighted by Crippen LogP contribution is 2.26. The van der Waals surface area contributed by atoms with Gasteiger partial charge in [0.1, 0.15) is 0 Å². The molecule has 124 valence electrons. The molecule has 1 aliphatic carbocycles. The second-order valence-corrected chi connectivity index (χ2v) is 8.71. The van der Waals surface area contributed by atoms with E-state index in [1.54, 1.807) is 15.7 Å². The van der Waals surface area contributed by atoms with E-state index in [1.807, 2.05) is 13.8 Å². The molecule has 0 aromatic carbocycles. The van der Waals surface area contributed by atoms with E-state index >= 15 is 0 Å². The Morgan fingerprint density at radius 1 is 1.10 bits per heavy atom. The van der Waals surface area contributed by atoms with Gasteiger partial charge in [0.15, 0.2) is 0 Å². The Balaban J connectivity index is 2.08. The fourth-order valence-corrected chi connectivity index (χ4v) is 5.32. The van der Waals surface area contributed by atoms with Crippen LogP contribution in [0.4, 0.5) is 0 Å². The van der Waals surface area contributed by atoms with Gasteiger partial charge in [-0.1, -0.05) is 19.3 Å². The Morgan fingerprint density at radius 2 is 1.76 bits per heavy atom. The monoisotopic (exact) mass is 317 g/mol. The summed E-state index contributed by atoms with van der Waals surface area (Å²) in [6, 6.07) is 0.493. The van der Waals surface area contributed by atoms with Gasteiger partial charge < -0.3 is 5.32 Å². The Kier molecular flexibility index (Phi) is 6.05. The first-order valence-corrected chi connectivity index (χ1v) is 9.81. The standard InChI is InChI=1S/C15H31N3O2S/c1-13(2)18(12-14-8-7-11-16-14)21(19,20)17(3)15-9-5-4-6-10-15/h13-16H,4-12H2,1-3H3. The second kappa shape index (κ2) is 7.40. The van der Waals surface area contributed by atoms with Gasteiger partial charge in [0.25, 0.3) is 10.2 Å². The predicted octanol–water partition coefficient (Wildman–Crippen LogP) is 1.96. The molecule has 0 bridgehead atoms. The Hall–Kier alpha value is -0.170. The summed E-state index contributed by atoms with van der Waals surface area (Å²) < 4.78 is 29.3. The SMILES string of the molecule is CC(C)N(CC1CCCN1)S(=O)(=O)N(C)C1CCCCC1. The molecule has 1 saturated carbocycles. The fourth-order valence-electron chi connectivity index (χ4n) is 3.50. The van der Waals surface area contributed by atoms with Gasteiger partial charge in [-0.05, 0) is 46.1 Å². The zero-order chi connectivity index (χ0) is 15.5.